The van der Waals surface area contributed by atoms with E-state index in [1.807, 2.05) is 12.1 Å². The Morgan fingerprint density at radius 1 is 1.45 bits per heavy atom. The zero-order chi connectivity index (χ0) is 16.3. The van der Waals surface area contributed by atoms with Gasteiger partial charge in [0.2, 0.25) is 5.91 Å². The highest BCUT2D eigenvalue weighted by atomic mass is 79.9. The molecule has 0 saturated heterocycles. The molecule has 0 fully saturated rings. The van der Waals surface area contributed by atoms with Crippen LogP contribution in [-0.4, -0.2) is 15.7 Å². The highest BCUT2D eigenvalue weighted by Gasteiger charge is 2.18. The van der Waals surface area contributed by atoms with Gasteiger partial charge in [0.1, 0.15) is 0 Å². The molecule has 1 amide bonds. The van der Waals surface area contributed by atoms with Crippen molar-refractivity contribution in [1.29, 1.82) is 0 Å². The van der Waals surface area contributed by atoms with Crippen molar-refractivity contribution in [3.05, 3.63) is 22.7 Å². The molecule has 2 aromatic rings. The molecule has 0 spiro atoms. The number of carbonyl (C=O) groups is 1. The standard InChI is InChI=1S/C16H20BrClN2OS/c1-4-5-6-12(17)15(21)20-16-19-14-11(9(2)3)7-10(18)8-13(14)22-16/h7-9,12H,4-6H2,1-3H3,(H,19,20,21)/t12-/m1/s1. The van der Waals surface area contributed by atoms with E-state index in [-0.39, 0.29) is 10.7 Å². The van der Waals surface area contributed by atoms with Gasteiger partial charge in [-0.1, -0.05) is 72.5 Å². The number of nitrogens with zero attached hydrogens (tertiary/aromatic N) is 1. The largest absolute Gasteiger partial charge is 0.301 e. The Morgan fingerprint density at radius 2 is 2.18 bits per heavy atom. The lowest BCUT2D eigenvalue weighted by molar-refractivity contribution is -0.115. The minimum atomic E-state index is -0.174. The van der Waals surface area contributed by atoms with Crippen molar-refractivity contribution >= 4 is 60.1 Å². The second-order valence-electron chi connectivity index (χ2n) is 5.61. The van der Waals surface area contributed by atoms with Crippen molar-refractivity contribution < 1.29 is 4.79 Å². The van der Waals surface area contributed by atoms with Crippen LogP contribution >= 0.6 is 38.9 Å². The number of halogens is 2. The molecule has 1 aromatic carbocycles. The second kappa shape index (κ2) is 7.75. The fourth-order valence-electron chi connectivity index (χ4n) is 2.21. The molecule has 1 aromatic heterocycles. The van der Waals surface area contributed by atoms with Crippen LogP contribution in [0.15, 0.2) is 12.1 Å². The molecule has 1 heterocycles. The fraction of sp³-hybridized carbons (Fsp3) is 0.500. The van der Waals surface area contributed by atoms with Gasteiger partial charge in [-0.05, 0) is 30.0 Å². The Morgan fingerprint density at radius 3 is 2.82 bits per heavy atom. The SMILES string of the molecule is CCCC[C@@H](Br)C(=O)Nc1nc2c(C(C)C)cc(Cl)cc2s1. The summed E-state index contributed by atoms with van der Waals surface area (Å²) in [5.74, 6) is 0.296. The summed E-state index contributed by atoms with van der Waals surface area (Å²) >= 11 is 11.1. The van der Waals surface area contributed by atoms with Gasteiger partial charge in [0, 0.05) is 5.02 Å². The third-order valence-corrected chi connectivity index (χ3v) is 5.45. The normalized spacial score (nSPS) is 12.8. The molecule has 0 aliphatic heterocycles. The molecule has 0 aliphatic carbocycles. The molecular weight excluding hydrogens is 384 g/mol. The number of hydrogen-bond donors (Lipinski definition) is 1. The zero-order valence-electron chi connectivity index (χ0n) is 13.0. The smallest absolute Gasteiger partial charge is 0.239 e. The van der Waals surface area contributed by atoms with E-state index in [1.165, 1.54) is 11.3 Å². The van der Waals surface area contributed by atoms with E-state index in [2.05, 4.69) is 47.0 Å². The molecule has 0 saturated carbocycles. The summed E-state index contributed by atoms with van der Waals surface area (Å²) in [6.07, 6.45) is 2.93. The average molecular weight is 404 g/mol. The van der Waals surface area contributed by atoms with E-state index in [0.29, 0.717) is 16.1 Å². The minimum absolute atomic E-state index is 0.0373. The zero-order valence-corrected chi connectivity index (χ0v) is 16.1. The summed E-state index contributed by atoms with van der Waals surface area (Å²) in [4.78, 5) is 16.6. The first-order chi connectivity index (χ1) is 10.4. The van der Waals surface area contributed by atoms with E-state index in [4.69, 9.17) is 11.6 Å². The first kappa shape index (κ1) is 17.7. The predicted molar refractivity (Wildman–Crippen MR) is 99.6 cm³/mol. The molecule has 3 nitrogen and oxygen atoms in total. The van der Waals surface area contributed by atoms with E-state index < -0.39 is 0 Å². The van der Waals surface area contributed by atoms with E-state index in [1.54, 1.807) is 0 Å². The summed E-state index contributed by atoms with van der Waals surface area (Å²) in [5.41, 5.74) is 2.04. The molecule has 1 N–H and O–H groups in total. The molecule has 120 valence electrons. The number of nitrogens with one attached hydrogen (secondary N) is 1. The maximum atomic E-state index is 12.2. The molecule has 22 heavy (non-hydrogen) atoms. The van der Waals surface area contributed by atoms with Crippen LogP contribution in [0.4, 0.5) is 5.13 Å². The van der Waals surface area contributed by atoms with Gasteiger partial charge in [-0.2, -0.15) is 0 Å². The molecule has 0 unspecified atom stereocenters. The topological polar surface area (TPSA) is 42.0 Å². The summed E-state index contributed by atoms with van der Waals surface area (Å²) in [6.45, 7) is 6.34. The van der Waals surface area contributed by atoms with Gasteiger partial charge in [-0.15, -0.1) is 0 Å². The molecule has 0 bridgehead atoms. The second-order valence-corrected chi connectivity index (χ2v) is 8.19. The first-order valence-corrected chi connectivity index (χ1v) is 9.58. The maximum Gasteiger partial charge on any atom is 0.239 e. The van der Waals surface area contributed by atoms with Crippen molar-refractivity contribution in [3.63, 3.8) is 0 Å². The lowest BCUT2D eigenvalue weighted by Crippen LogP contribution is -2.22. The van der Waals surface area contributed by atoms with Crippen LogP contribution in [-0.2, 0) is 4.79 Å². The number of aromatic nitrogens is 1. The number of alkyl halides is 1. The van der Waals surface area contributed by atoms with Crippen LogP contribution < -0.4 is 5.32 Å². The molecular formula is C16H20BrClN2OS. The van der Waals surface area contributed by atoms with Crippen LogP contribution in [0.3, 0.4) is 0 Å². The van der Waals surface area contributed by atoms with Crippen LogP contribution in [0.25, 0.3) is 10.2 Å². The van der Waals surface area contributed by atoms with E-state index in [0.717, 1.165) is 35.0 Å². The van der Waals surface area contributed by atoms with Crippen LogP contribution in [0.1, 0.15) is 51.5 Å². The summed E-state index contributed by atoms with van der Waals surface area (Å²) in [5, 5.41) is 4.24. The van der Waals surface area contributed by atoms with Crippen LogP contribution in [0, 0.1) is 0 Å². The lowest BCUT2D eigenvalue weighted by Gasteiger charge is -2.08. The van der Waals surface area contributed by atoms with Gasteiger partial charge >= 0.3 is 0 Å². The third kappa shape index (κ3) is 4.21. The minimum Gasteiger partial charge on any atom is -0.301 e. The summed E-state index contributed by atoms with van der Waals surface area (Å²) in [6, 6.07) is 3.85. The quantitative estimate of drug-likeness (QED) is 0.604. The van der Waals surface area contributed by atoms with E-state index >= 15 is 0 Å². The Bertz CT molecular complexity index is 671. The number of hydrogen-bond acceptors (Lipinski definition) is 3. The average Bonchev–Trinajstić information content (AvgIpc) is 2.85. The lowest BCUT2D eigenvalue weighted by atomic mass is 10.0. The number of thiazole rings is 1. The van der Waals surface area contributed by atoms with Crippen molar-refractivity contribution in [1.82, 2.24) is 4.98 Å². The molecule has 1 atom stereocenters. The highest BCUT2D eigenvalue weighted by molar-refractivity contribution is 9.10. The van der Waals surface area contributed by atoms with Crippen molar-refractivity contribution in [2.24, 2.45) is 0 Å². The number of unbranched alkanes of at least 4 members (excludes halogenated alkanes) is 1. The molecule has 6 heteroatoms. The highest BCUT2D eigenvalue weighted by Crippen LogP contribution is 2.34. The van der Waals surface area contributed by atoms with Gasteiger partial charge in [0.05, 0.1) is 15.0 Å². The summed E-state index contributed by atoms with van der Waals surface area (Å²) in [7, 11) is 0. The number of benzene rings is 1. The third-order valence-electron chi connectivity index (χ3n) is 3.44. The molecule has 0 radical (unpaired) electrons. The first-order valence-electron chi connectivity index (χ1n) is 7.47. The maximum absolute atomic E-state index is 12.2. The molecule has 2 rings (SSSR count). The molecule has 0 aliphatic rings. The number of rotatable bonds is 6. The number of fused-ring (bicyclic) bond motifs is 1. The Balaban J connectivity index is 2.23. The summed E-state index contributed by atoms with van der Waals surface area (Å²) < 4.78 is 1.01. The predicted octanol–water partition coefficient (Wildman–Crippen LogP) is 5.97. The van der Waals surface area contributed by atoms with Gasteiger partial charge < -0.3 is 5.32 Å². The van der Waals surface area contributed by atoms with Gasteiger partial charge in [-0.25, -0.2) is 4.98 Å². The Hall–Kier alpha value is -0.650. The van der Waals surface area contributed by atoms with Gasteiger partial charge in [-0.3, -0.25) is 4.79 Å². The van der Waals surface area contributed by atoms with Crippen LogP contribution in [0.5, 0.6) is 0 Å². The fourth-order valence-corrected chi connectivity index (χ4v) is 3.88. The Kier molecular flexibility index (Phi) is 6.24. The van der Waals surface area contributed by atoms with Gasteiger partial charge in [0.15, 0.2) is 5.13 Å². The van der Waals surface area contributed by atoms with Crippen molar-refractivity contribution in [2.75, 3.05) is 5.32 Å². The van der Waals surface area contributed by atoms with E-state index in [9.17, 15) is 4.79 Å². The van der Waals surface area contributed by atoms with Gasteiger partial charge in [0.25, 0.3) is 0 Å². The van der Waals surface area contributed by atoms with Crippen molar-refractivity contribution in [2.45, 2.75) is 50.8 Å². The Labute approximate surface area is 148 Å². The monoisotopic (exact) mass is 402 g/mol. The van der Waals surface area contributed by atoms with Crippen LogP contribution in [0.2, 0.25) is 5.02 Å². The number of amides is 1. The number of carbonyl (C=O) groups excluding carboxylic acids is 1. The number of anilines is 1. The van der Waals surface area contributed by atoms with Crippen molar-refractivity contribution in [3.8, 4) is 0 Å².